The van der Waals surface area contributed by atoms with Crippen molar-refractivity contribution < 1.29 is 13.2 Å². The predicted octanol–water partition coefficient (Wildman–Crippen LogP) is -0.675. The molecule has 1 atom stereocenters. The molecule has 0 aromatic carbocycles. The largest absolute Gasteiger partial charge is 0.355 e. The Kier molecular flexibility index (Phi) is 6.38. The molecule has 8 heteroatoms. The first kappa shape index (κ1) is 17.4. The lowest BCUT2D eigenvalue weighted by atomic mass is 10.2. The molecule has 118 valence electrons. The third kappa shape index (κ3) is 4.15. The fraction of sp³-hybridized carbons (Fsp3) is 0.917. The van der Waals surface area contributed by atoms with Gasteiger partial charge in [0.2, 0.25) is 5.91 Å². The zero-order valence-corrected chi connectivity index (χ0v) is 13.6. The van der Waals surface area contributed by atoms with Gasteiger partial charge in [-0.25, -0.2) is 0 Å². The fourth-order valence-electron chi connectivity index (χ4n) is 2.11. The van der Waals surface area contributed by atoms with Crippen LogP contribution in [0.4, 0.5) is 0 Å². The first-order chi connectivity index (χ1) is 9.30. The second-order valence-corrected chi connectivity index (χ2v) is 7.33. The summed E-state index contributed by atoms with van der Waals surface area (Å²) in [5, 5.41) is 2.87. The Morgan fingerprint density at radius 1 is 1.25 bits per heavy atom. The molecule has 20 heavy (non-hydrogen) atoms. The van der Waals surface area contributed by atoms with E-state index in [9.17, 15) is 13.2 Å². The molecule has 1 amide bonds. The van der Waals surface area contributed by atoms with E-state index in [1.54, 1.807) is 0 Å². The molecular formula is C12H26N4O3S. The Hall–Kier alpha value is -0.700. The van der Waals surface area contributed by atoms with Crippen molar-refractivity contribution in [1.29, 1.82) is 0 Å². The molecule has 0 saturated carbocycles. The van der Waals surface area contributed by atoms with E-state index in [4.69, 9.17) is 0 Å². The van der Waals surface area contributed by atoms with Gasteiger partial charge in [0, 0.05) is 46.8 Å². The lowest BCUT2D eigenvalue weighted by Crippen LogP contribution is -2.56. The van der Waals surface area contributed by atoms with Gasteiger partial charge in [-0.05, 0) is 13.3 Å². The monoisotopic (exact) mass is 306 g/mol. The predicted molar refractivity (Wildman–Crippen MR) is 78.5 cm³/mol. The van der Waals surface area contributed by atoms with Crippen LogP contribution in [-0.2, 0) is 15.0 Å². The highest BCUT2D eigenvalue weighted by atomic mass is 32.2. The van der Waals surface area contributed by atoms with Crippen molar-refractivity contribution in [2.24, 2.45) is 0 Å². The highest BCUT2D eigenvalue weighted by Crippen LogP contribution is 2.11. The molecule has 0 aliphatic carbocycles. The van der Waals surface area contributed by atoms with Gasteiger partial charge in [0.05, 0.1) is 6.04 Å². The van der Waals surface area contributed by atoms with Crippen LogP contribution in [0.1, 0.15) is 20.3 Å². The third-order valence-electron chi connectivity index (χ3n) is 3.54. The Morgan fingerprint density at radius 3 is 2.25 bits per heavy atom. The van der Waals surface area contributed by atoms with Gasteiger partial charge in [-0.1, -0.05) is 6.92 Å². The number of amides is 1. The van der Waals surface area contributed by atoms with Crippen LogP contribution in [0.3, 0.4) is 0 Å². The van der Waals surface area contributed by atoms with Gasteiger partial charge in [-0.2, -0.15) is 17.0 Å². The Bertz CT molecular complexity index is 416. The normalized spacial score (nSPS) is 20.1. The topological polar surface area (TPSA) is 73.0 Å². The Morgan fingerprint density at radius 2 is 1.80 bits per heavy atom. The Balaban J connectivity index is 2.52. The molecule has 0 bridgehead atoms. The average Bonchev–Trinajstić information content (AvgIpc) is 2.43. The zero-order valence-electron chi connectivity index (χ0n) is 12.8. The van der Waals surface area contributed by atoms with E-state index in [-0.39, 0.29) is 11.9 Å². The van der Waals surface area contributed by atoms with Crippen LogP contribution in [0.5, 0.6) is 0 Å². The van der Waals surface area contributed by atoms with Gasteiger partial charge in [0.15, 0.2) is 0 Å². The number of carbonyl (C=O) groups is 1. The second-order valence-electron chi connectivity index (χ2n) is 5.19. The number of nitrogens with zero attached hydrogens (tertiary/aromatic N) is 3. The lowest BCUT2D eigenvalue weighted by Gasteiger charge is -2.37. The van der Waals surface area contributed by atoms with E-state index in [0.717, 1.165) is 6.42 Å². The Labute approximate surface area is 122 Å². The minimum atomic E-state index is -3.34. The van der Waals surface area contributed by atoms with Crippen molar-refractivity contribution in [3.05, 3.63) is 0 Å². The maximum Gasteiger partial charge on any atom is 0.281 e. The summed E-state index contributed by atoms with van der Waals surface area (Å²) in [7, 11) is -0.283. The summed E-state index contributed by atoms with van der Waals surface area (Å²) >= 11 is 0. The summed E-state index contributed by atoms with van der Waals surface area (Å²) in [4.78, 5) is 13.9. The van der Waals surface area contributed by atoms with E-state index in [1.165, 1.54) is 22.7 Å². The number of nitrogens with one attached hydrogen (secondary N) is 1. The van der Waals surface area contributed by atoms with Crippen LogP contribution in [0.25, 0.3) is 0 Å². The number of hydrogen-bond acceptors (Lipinski definition) is 4. The minimum Gasteiger partial charge on any atom is -0.355 e. The van der Waals surface area contributed by atoms with Crippen molar-refractivity contribution in [1.82, 2.24) is 18.8 Å². The van der Waals surface area contributed by atoms with Gasteiger partial charge >= 0.3 is 0 Å². The number of carbonyl (C=O) groups excluding carboxylic acids is 1. The molecule has 1 saturated heterocycles. The van der Waals surface area contributed by atoms with E-state index in [2.05, 4.69) is 5.32 Å². The quantitative estimate of drug-likeness (QED) is 0.706. The molecule has 0 aromatic rings. The highest BCUT2D eigenvalue weighted by Gasteiger charge is 2.31. The lowest BCUT2D eigenvalue weighted by molar-refractivity contribution is -0.126. The summed E-state index contributed by atoms with van der Waals surface area (Å²) < 4.78 is 26.7. The van der Waals surface area contributed by atoms with Crippen LogP contribution in [-0.4, -0.2) is 80.7 Å². The van der Waals surface area contributed by atoms with Crippen LogP contribution in [0, 0.1) is 0 Å². The molecular weight excluding hydrogens is 280 g/mol. The standard InChI is InChI=1S/C12H26N4O3S/c1-5-6-13-12(17)11(2)15-7-9-16(10-8-15)20(18,19)14(3)4/h11H,5-10H2,1-4H3,(H,13,17)/t11-/m1/s1. The van der Waals surface area contributed by atoms with Crippen molar-refractivity contribution in [2.75, 3.05) is 46.8 Å². The smallest absolute Gasteiger partial charge is 0.281 e. The summed E-state index contributed by atoms with van der Waals surface area (Å²) in [5.74, 6) is 0.00997. The minimum absolute atomic E-state index is 0.00997. The van der Waals surface area contributed by atoms with E-state index in [1.807, 2.05) is 18.7 Å². The summed E-state index contributed by atoms with van der Waals surface area (Å²) in [5.41, 5.74) is 0. The van der Waals surface area contributed by atoms with Gasteiger partial charge in [0.25, 0.3) is 10.2 Å². The molecule has 0 aromatic heterocycles. The molecule has 7 nitrogen and oxygen atoms in total. The average molecular weight is 306 g/mol. The molecule has 1 heterocycles. The fourth-order valence-corrected chi connectivity index (χ4v) is 3.20. The summed E-state index contributed by atoms with van der Waals surface area (Å²) in [6.07, 6.45) is 0.910. The molecule has 1 aliphatic rings. The van der Waals surface area contributed by atoms with Crippen LogP contribution in [0.15, 0.2) is 0 Å². The van der Waals surface area contributed by atoms with Gasteiger partial charge in [-0.15, -0.1) is 0 Å². The molecule has 0 spiro atoms. The van der Waals surface area contributed by atoms with Crippen LogP contribution in [0.2, 0.25) is 0 Å². The van der Waals surface area contributed by atoms with E-state index < -0.39 is 10.2 Å². The molecule has 1 rings (SSSR count). The molecule has 0 radical (unpaired) electrons. The summed E-state index contributed by atoms with van der Waals surface area (Å²) in [6, 6.07) is -0.217. The number of hydrogen-bond donors (Lipinski definition) is 1. The number of rotatable bonds is 6. The molecule has 1 aliphatic heterocycles. The number of piperazine rings is 1. The SMILES string of the molecule is CCCNC(=O)[C@@H](C)N1CCN(S(=O)(=O)N(C)C)CC1. The second kappa shape index (κ2) is 7.35. The molecule has 1 fully saturated rings. The first-order valence-electron chi connectivity index (χ1n) is 7.00. The van der Waals surface area contributed by atoms with Crippen molar-refractivity contribution in [2.45, 2.75) is 26.3 Å². The van der Waals surface area contributed by atoms with Gasteiger partial charge in [-0.3, -0.25) is 9.69 Å². The van der Waals surface area contributed by atoms with Gasteiger partial charge < -0.3 is 5.32 Å². The van der Waals surface area contributed by atoms with E-state index in [0.29, 0.717) is 32.7 Å². The van der Waals surface area contributed by atoms with Crippen LogP contribution >= 0.6 is 0 Å². The maximum atomic E-state index is 12.0. The summed E-state index contributed by atoms with van der Waals surface area (Å²) in [6.45, 7) is 6.55. The van der Waals surface area contributed by atoms with Crippen molar-refractivity contribution in [3.8, 4) is 0 Å². The highest BCUT2D eigenvalue weighted by molar-refractivity contribution is 7.86. The first-order valence-corrected chi connectivity index (χ1v) is 8.39. The van der Waals surface area contributed by atoms with Gasteiger partial charge in [0.1, 0.15) is 0 Å². The van der Waals surface area contributed by atoms with Crippen molar-refractivity contribution in [3.63, 3.8) is 0 Å². The van der Waals surface area contributed by atoms with Crippen LogP contribution < -0.4 is 5.32 Å². The van der Waals surface area contributed by atoms with Crippen molar-refractivity contribution >= 4 is 16.1 Å². The molecule has 1 N–H and O–H groups in total. The zero-order chi connectivity index (χ0) is 15.3. The molecule has 0 unspecified atom stereocenters. The maximum absolute atomic E-state index is 12.0. The third-order valence-corrected chi connectivity index (χ3v) is 5.48. The van der Waals surface area contributed by atoms with E-state index >= 15 is 0 Å².